The van der Waals surface area contributed by atoms with Crippen LogP contribution < -0.4 is 10.2 Å². The lowest BCUT2D eigenvalue weighted by molar-refractivity contribution is -0.127. The molecule has 178 valence electrons. The Hall–Kier alpha value is -3.20. The van der Waals surface area contributed by atoms with Gasteiger partial charge in [0.2, 0.25) is 5.91 Å². The lowest BCUT2D eigenvalue weighted by Crippen LogP contribution is -2.44. The van der Waals surface area contributed by atoms with Crippen LogP contribution >= 0.6 is 0 Å². The van der Waals surface area contributed by atoms with Crippen molar-refractivity contribution in [2.75, 3.05) is 56.5 Å². The van der Waals surface area contributed by atoms with Crippen molar-refractivity contribution in [3.8, 4) is 11.4 Å². The van der Waals surface area contributed by atoms with Crippen molar-refractivity contribution >= 4 is 28.6 Å². The summed E-state index contributed by atoms with van der Waals surface area (Å²) in [4.78, 5) is 33.2. The molecule has 0 unspecified atom stereocenters. The second-order valence-electron chi connectivity index (χ2n) is 9.75. The first-order valence-corrected chi connectivity index (χ1v) is 12.5. The van der Waals surface area contributed by atoms with Gasteiger partial charge in [-0.15, -0.1) is 0 Å². The molecule has 1 aliphatic carbocycles. The van der Waals surface area contributed by atoms with E-state index in [9.17, 15) is 4.79 Å². The fourth-order valence-electron chi connectivity index (χ4n) is 4.81. The predicted octanol–water partition coefficient (Wildman–Crippen LogP) is 2.44. The Kier molecular flexibility index (Phi) is 5.57. The number of piperazine rings is 1. The van der Waals surface area contributed by atoms with Gasteiger partial charge in [0, 0.05) is 69.5 Å². The van der Waals surface area contributed by atoms with Gasteiger partial charge >= 0.3 is 0 Å². The third-order valence-electron chi connectivity index (χ3n) is 7.16. The predicted molar refractivity (Wildman–Crippen MR) is 133 cm³/mol. The van der Waals surface area contributed by atoms with E-state index in [0.29, 0.717) is 31.4 Å². The Labute approximate surface area is 199 Å². The molecule has 2 aromatic heterocycles. The number of nitrogens with zero attached hydrogens (tertiary/aromatic N) is 7. The molecule has 3 aromatic rings. The molecule has 0 atom stereocenters. The third kappa shape index (κ3) is 4.32. The normalized spacial score (nSPS) is 19.4. The summed E-state index contributed by atoms with van der Waals surface area (Å²) in [5.74, 6) is 1.76. The summed E-state index contributed by atoms with van der Waals surface area (Å²) in [5, 5.41) is 3.55. The molecule has 4 heterocycles. The fraction of sp³-hybridized carbons (Fsp3) is 0.520. The number of aromatic nitrogens is 4. The van der Waals surface area contributed by atoms with Crippen LogP contribution in [0.5, 0.6) is 0 Å². The molecule has 3 fully saturated rings. The van der Waals surface area contributed by atoms with Crippen molar-refractivity contribution in [3.63, 3.8) is 0 Å². The average Bonchev–Trinajstić information content (AvgIpc) is 3.43. The van der Waals surface area contributed by atoms with Gasteiger partial charge in [-0.25, -0.2) is 15.0 Å². The molecule has 1 saturated carbocycles. The Morgan fingerprint density at radius 2 is 1.79 bits per heavy atom. The van der Waals surface area contributed by atoms with E-state index in [1.165, 1.54) is 18.5 Å². The van der Waals surface area contributed by atoms with Gasteiger partial charge in [0.15, 0.2) is 17.3 Å². The van der Waals surface area contributed by atoms with Crippen LogP contribution in [0.15, 0.2) is 30.6 Å². The first-order chi connectivity index (χ1) is 16.6. The minimum atomic E-state index is 0.247. The van der Waals surface area contributed by atoms with Crippen molar-refractivity contribution in [2.24, 2.45) is 0 Å². The van der Waals surface area contributed by atoms with Crippen molar-refractivity contribution in [2.45, 2.75) is 38.3 Å². The number of carbonyl (C=O) groups excluding carboxylic acids is 1. The number of nitrogens with one attached hydrogen (secondary N) is 1. The summed E-state index contributed by atoms with van der Waals surface area (Å²) in [6, 6.07) is 9.08. The minimum absolute atomic E-state index is 0.247. The first-order valence-electron chi connectivity index (χ1n) is 12.5. The molecule has 0 bridgehead atoms. The molecule has 2 saturated heterocycles. The van der Waals surface area contributed by atoms with Crippen LogP contribution in [-0.4, -0.2) is 87.6 Å². The van der Waals surface area contributed by atoms with Crippen LogP contribution in [0, 0.1) is 0 Å². The zero-order chi connectivity index (χ0) is 23.1. The molecule has 1 aromatic carbocycles. The van der Waals surface area contributed by atoms with E-state index in [-0.39, 0.29) is 5.91 Å². The largest absolute Gasteiger partial charge is 0.369 e. The van der Waals surface area contributed by atoms with Gasteiger partial charge < -0.3 is 24.6 Å². The second kappa shape index (κ2) is 8.87. The third-order valence-corrected chi connectivity index (χ3v) is 7.16. The van der Waals surface area contributed by atoms with E-state index in [1.807, 2.05) is 11.2 Å². The van der Waals surface area contributed by atoms with Crippen molar-refractivity contribution in [1.82, 2.24) is 29.3 Å². The highest BCUT2D eigenvalue weighted by molar-refractivity contribution is 5.85. The fourth-order valence-corrected chi connectivity index (χ4v) is 4.81. The van der Waals surface area contributed by atoms with E-state index < -0.39 is 0 Å². The molecule has 0 radical (unpaired) electrons. The highest BCUT2D eigenvalue weighted by atomic mass is 16.2. The minimum Gasteiger partial charge on any atom is -0.369 e. The number of fused-ring (bicyclic) bond motifs is 1. The Morgan fingerprint density at radius 1 is 1.00 bits per heavy atom. The van der Waals surface area contributed by atoms with E-state index in [0.717, 1.165) is 61.7 Å². The summed E-state index contributed by atoms with van der Waals surface area (Å²) in [5.41, 5.74) is 3.87. The van der Waals surface area contributed by atoms with Crippen LogP contribution in [0.4, 0.5) is 11.5 Å². The number of hydrogen-bond acceptors (Lipinski definition) is 7. The Balaban J connectivity index is 1.28. The van der Waals surface area contributed by atoms with E-state index >= 15 is 0 Å². The topological polar surface area (TPSA) is 82.4 Å². The average molecular weight is 461 g/mol. The van der Waals surface area contributed by atoms with Gasteiger partial charge in [-0.05, 0) is 50.6 Å². The molecule has 9 heteroatoms. The zero-order valence-electron chi connectivity index (χ0n) is 19.8. The van der Waals surface area contributed by atoms with Crippen LogP contribution in [0.2, 0.25) is 0 Å². The summed E-state index contributed by atoms with van der Waals surface area (Å²) < 4.78 is 2.06. The van der Waals surface area contributed by atoms with Gasteiger partial charge in [0.05, 0.1) is 6.33 Å². The smallest absolute Gasteiger partial charge is 0.222 e. The first kappa shape index (κ1) is 21.3. The number of amides is 1. The molecular weight excluding hydrogens is 428 g/mol. The summed E-state index contributed by atoms with van der Waals surface area (Å²) in [6.07, 6.45) is 5.78. The molecule has 2 aliphatic heterocycles. The van der Waals surface area contributed by atoms with Gasteiger partial charge in [0.1, 0.15) is 5.52 Å². The van der Waals surface area contributed by atoms with Gasteiger partial charge in [-0.2, -0.15) is 0 Å². The molecule has 6 rings (SSSR count). The zero-order valence-corrected chi connectivity index (χ0v) is 19.8. The standard InChI is InChI=1S/C25H32N8O/c1-30-11-13-31(14-12-30)20-8-4-18(5-9-20)23-28-24(27-19-6-7-19)22-25(29-23)33(17-26-22)16-15-32-10-2-3-21(32)34/h4-5,8-9,17,19H,2-3,6-7,10-16H2,1H3,(H,27,28,29). The number of imidazole rings is 1. The molecule has 3 aliphatic rings. The lowest BCUT2D eigenvalue weighted by Gasteiger charge is -2.34. The molecule has 0 spiro atoms. The second-order valence-corrected chi connectivity index (χ2v) is 9.75. The van der Waals surface area contributed by atoms with Crippen LogP contribution in [0.1, 0.15) is 25.7 Å². The highest BCUT2D eigenvalue weighted by Crippen LogP contribution is 2.30. The van der Waals surface area contributed by atoms with E-state index in [1.54, 1.807) is 0 Å². The number of likely N-dealkylation sites (N-methyl/N-ethyl adjacent to an activating group) is 1. The Morgan fingerprint density at radius 3 is 2.50 bits per heavy atom. The summed E-state index contributed by atoms with van der Waals surface area (Å²) in [7, 11) is 2.18. The molecule has 34 heavy (non-hydrogen) atoms. The summed E-state index contributed by atoms with van der Waals surface area (Å²) in [6.45, 7) is 6.49. The van der Waals surface area contributed by atoms with E-state index in [4.69, 9.17) is 9.97 Å². The number of anilines is 2. The van der Waals surface area contributed by atoms with Gasteiger partial charge in [-0.3, -0.25) is 4.79 Å². The monoisotopic (exact) mass is 460 g/mol. The molecule has 9 nitrogen and oxygen atoms in total. The van der Waals surface area contributed by atoms with Gasteiger partial charge in [-0.1, -0.05) is 0 Å². The van der Waals surface area contributed by atoms with E-state index in [2.05, 4.69) is 56.0 Å². The number of benzene rings is 1. The van der Waals surface area contributed by atoms with Crippen LogP contribution in [-0.2, 0) is 11.3 Å². The van der Waals surface area contributed by atoms with Crippen LogP contribution in [0.3, 0.4) is 0 Å². The van der Waals surface area contributed by atoms with Crippen molar-refractivity contribution < 1.29 is 4.79 Å². The lowest BCUT2D eigenvalue weighted by atomic mass is 10.1. The maximum atomic E-state index is 12.0. The van der Waals surface area contributed by atoms with Crippen molar-refractivity contribution in [1.29, 1.82) is 0 Å². The number of rotatable bonds is 7. The maximum Gasteiger partial charge on any atom is 0.222 e. The number of carbonyl (C=O) groups is 1. The number of hydrogen-bond donors (Lipinski definition) is 1. The van der Waals surface area contributed by atoms with Crippen molar-refractivity contribution in [3.05, 3.63) is 30.6 Å². The Bertz CT molecular complexity index is 1180. The number of likely N-dealkylation sites (tertiary alicyclic amines) is 1. The highest BCUT2D eigenvalue weighted by Gasteiger charge is 2.25. The maximum absolute atomic E-state index is 12.0. The molecular formula is C25H32N8O. The van der Waals surface area contributed by atoms with Gasteiger partial charge in [0.25, 0.3) is 0 Å². The summed E-state index contributed by atoms with van der Waals surface area (Å²) >= 11 is 0. The molecule has 1 amide bonds. The van der Waals surface area contributed by atoms with Crippen LogP contribution in [0.25, 0.3) is 22.6 Å². The SMILES string of the molecule is CN1CCN(c2ccc(-c3nc(NC4CC4)c4ncn(CCN5CCCC5=O)c4n3)cc2)CC1. The quantitative estimate of drug-likeness (QED) is 0.580. The molecule has 1 N–H and O–H groups in total.